The number of carbonyl (C=O) groups excluding carboxylic acids is 1. The summed E-state index contributed by atoms with van der Waals surface area (Å²) in [6, 6.07) is 2.83. The topological polar surface area (TPSA) is 50.8 Å². The van der Waals surface area contributed by atoms with E-state index in [2.05, 4.69) is 34.9 Å². The average molecular weight is 475 g/mol. The maximum absolute atomic E-state index is 12.1. The van der Waals surface area contributed by atoms with Crippen LogP contribution in [0.5, 0.6) is 0 Å². The van der Waals surface area contributed by atoms with Gasteiger partial charge in [0.05, 0.1) is 12.2 Å². The number of alkyl halides is 3. The van der Waals surface area contributed by atoms with Crippen LogP contribution in [0.4, 0.5) is 13.2 Å². The van der Waals surface area contributed by atoms with E-state index in [0.717, 1.165) is 58.2 Å². The lowest BCUT2D eigenvalue weighted by molar-refractivity contribution is -0.176. The van der Waals surface area contributed by atoms with Gasteiger partial charge in [-0.3, -0.25) is 4.79 Å². The summed E-state index contributed by atoms with van der Waals surface area (Å²) >= 11 is 1.95. The fourth-order valence-electron chi connectivity index (χ4n) is 5.41. The zero-order valence-corrected chi connectivity index (χ0v) is 19.6. The number of hydrogen-bond acceptors (Lipinski definition) is 5. The van der Waals surface area contributed by atoms with E-state index in [4.69, 9.17) is 4.74 Å². The van der Waals surface area contributed by atoms with Gasteiger partial charge in [0.2, 0.25) is 5.91 Å². The van der Waals surface area contributed by atoms with E-state index in [-0.39, 0.29) is 11.6 Å². The first-order chi connectivity index (χ1) is 15.2. The standard InChI is InChI=1S/C23H33F3N2O3S/c1-3-18-10-19-20(32-18)4-7-31-22(19)5-6-28(15(2)11-22)12-16-8-17(9-16)27-21(29)13-30-14-23(24,25)26/h10,15-17H,3-9,11-14H2,1-2H3,(H,27,29)/t15-,16?,17?,22+/m0/s1. The van der Waals surface area contributed by atoms with E-state index in [1.54, 1.807) is 0 Å². The number of piperidine rings is 1. The molecule has 1 N–H and O–H groups in total. The van der Waals surface area contributed by atoms with Crippen LogP contribution in [0.2, 0.25) is 0 Å². The van der Waals surface area contributed by atoms with Gasteiger partial charge in [0.1, 0.15) is 13.2 Å². The van der Waals surface area contributed by atoms with Crippen LogP contribution in [0.1, 0.15) is 54.8 Å². The second kappa shape index (κ2) is 9.60. The molecule has 1 saturated carbocycles. The summed E-state index contributed by atoms with van der Waals surface area (Å²) in [5.41, 5.74) is 1.29. The molecule has 1 spiro atoms. The molecule has 0 radical (unpaired) electrons. The summed E-state index contributed by atoms with van der Waals surface area (Å²) < 4.78 is 47.1. The highest BCUT2D eigenvalue weighted by Gasteiger charge is 2.45. The number of hydrogen-bond donors (Lipinski definition) is 1. The maximum Gasteiger partial charge on any atom is 0.411 e. The predicted octanol–water partition coefficient (Wildman–Crippen LogP) is 4.04. The van der Waals surface area contributed by atoms with Crippen LogP contribution in [-0.4, -0.2) is 62.0 Å². The molecule has 9 heteroatoms. The monoisotopic (exact) mass is 474 g/mol. The Morgan fingerprint density at radius 1 is 1.41 bits per heavy atom. The van der Waals surface area contributed by atoms with Crippen molar-refractivity contribution < 1.29 is 27.4 Å². The maximum atomic E-state index is 12.1. The number of amides is 1. The molecule has 1 aliphatic carbocycles. The number of rotatable bonds is 7. The molecule has 1 saturated heterocycles. The summed E-state index contributed by atoms with van der Waals surface area (Å²) in [5, 5.41) is 2.78. The fraction of sp³-hybridized carbons (Fsp3) is 0.783. The third-order valence-corrected chi connectivity index (χ3v) is 8.39. The molecule has 2 atom stereocenters. The SMILES string of the molecule is CCc1cc2c(s1)CCO[C@@]21CCN(CC2CC(NC(=O)COCC(F)(F)F)C2)[C@@H](C)C1. The Balaban J connectivity index is 1.21. The lowest BCUT2D eigenvalue weighted by Gasteiger charge is -2.49. The van der Waals surface area contributed by atoms with Gasteiger partial charge in [0.25, 0.3) is 0 Å². The van der Waals surface area contributed by atoms with Crippen LogP contribution in [0.25, 0.3) is 0 Å². The number of aryl methyl sites for hydroxylation is 1. The molecule has 2 fully saturated rings. The van der Waals surface area contributed by atoms with Crippen molar-refractivity contribution in [3.63, 3.8) is 0 Å². The lowest BCUT2D eigenvalue weighted by Crippen LogP contribution is -2.54. The Kier molecular flexibility index (Phi) is 7.20. The van der Waals surface area contributed by atoms with Crippen molar-refractivity contribution in [2.24, 2.45) is 5.92 Å². The average Bonchev–Trinajstić information content (AvgIpc) is 3.12. The lowest BCUT2D eigenvalue weighted by atomic mass is 9.76. The number of thiophene rings is 1. The molecule has 0 unspecified atom stereocenters. The van der Waals surface area contributed by atoms with E-state index in [9.17, 15) is 18.0 Å². The molecule has 3 heterocycles. The highest BCUT2D eigenvalue weighted by atomic mass is 32.1. The van der Waals surface area contributed by atoms with Gasteiger partial charge in [-0.2, -0.15) is 13.2 Å². The predicted molar refractivity (Wildman–Crippen MR) is 117 cm³/mol. The molecule has 4 rings (SSSR count). The fourth-order valence-corrected chi connectivity index (χ4v) is 6.59. The number of nitrogens with one attached hydrogen (secondary N) is 1. The van der Waals surface area contributed by atoms with Gasteiger partial charge in [-0.15, -0.1) is 11.3 Å². The number of nitrogens with zero attached hydrogens (tertiary/aromatic N) is 1. The van der Waals surface area contributed by atoms with Crippen molar-refractivity contribution in [3.05, 3.63) is 21.4 Å². The van der Waals surface area contributed by atoms with Crippen molar-refractivity contribution in [1.82, 2.24) is 10.2 Å². The molecular formula is C23H33F3N2O3S. The molecule has 2 aliphatic heterocycles. The molecule has 1 amide bonds. The zero-order valence-electron chi connectivity index (χ0n) is 18.8. The van der Waals surface area contributed by atoms with Gasteiger partial charge in [-0.1, -0.05) is 6.92 Å². The molecule has 3 aliphatic rings. The minimum atomic E-state index is -4.41. The zero-order chi connectivity index (χ0) is 22.9. The summed E-state index contributed by atoms with van der Waals surface area (Å²) in [5.74, 6) is 0.0296. The molecule has 1 aromatic rings. The summed E-state index contributed by atoms with van der Waals surface area (Å²) in [7, 11) is 0. The molecule has 5 nitrogen and oxygen atoms in total. The first-order valence-corrected chi connectivity index (χ1v) is 12.4. The van der Waals surface area contributed by atoms with Gasteiger partial charge in [-0.25, -0.2) is 0 Å². The van der Waals surface area contributed by atoms with Crippen molar-refractivity contribution in [3.8, 4) is 0 Å². The van der Waals surface area contributed by atoms with Gasteiger partial charge < -0.3 is 19.7 Å². The Labute approximate surface area is 191 Å². The van der Waals surface area contributed by atoms with E-state index in [0.29, 0.717) is 12.0 Å². The van der Waals surface area contributed by atoms with Crippen molar-refractivity contribution in [2.75, 3.05) is 32.9 Å². The minimum absolute atomic E-state index is 0.0379. The number of carbonyl (C=O) groups is 1. The van der Waals surface area contributed by atoms with Crippen LogP contribution >= 0.6 is 11.3 Å². The molecule has 32 heavy (non-hydrogen) atoms. The van der Waals surface area contributed by atoms with Crippen molar-refractivity contribution in [2.45, 2.75) is 76.2 Å². The molecule has 0 aromatic carbocycles. The van der Waals surface area contributed by atoms with E-state index < -0.39 is 25.3 Å². The van der Waals surface area contributed by atoms with E-state index >= 15 is 0 Å². The smallest absolute Gasteiger partial charge is 0.370 e. The highest BCUT2D eigenvalue weighted by Crippen LogP contribution is 2.46. The van der Waals surface area contributed by atoms with Crippen LogP contribution in [0, 0.1) is 5.92 Å². The Hall–Kier alpha value is -1.16. The Morgan fingerprint density at radius 2 is 2.19 bits per heavy atom. The number of likely N-dealkylation sites (tertiary alicyclic amines) is 1. The normalized spacial score (nSPS) is 30.7. The highest BCUT2D eigenvalue weighted by molar-refractivity contribution is 7.12. The van der Waals surface area contributed by atoms with Crippen LogP contribution in [0.15, 0.2) is 6.07 Å². The Morgan fingerprint density at radius 3 is 2.88 bits per heavy atom. The van der Waals surface area contributed by atoms with Gasteiger partial charge in [0.15, 0.2) is 0 Å². The van der Waals surface area contributed by atoms with Crippen LogP contribution in [0.3, 0.4) is 0 Å². The Bertz CT molecular complexity index is 809. The molecule has 180 valence electrons. The third kappa shape index (κ3) is 5.48. The van der Waals surface area contributed by atoms with Crippen molar-refractivity contribution >= 4 is 17.2 Å². The quantitative estimate of drug-likeness (QED) is 0.648. The van der Waals surface area contributed by atoms with E-state index in [1.807, 2.05) is 11.3 Å². The van der Waals surface area contributed by atoms with Gasteiger partial charge >= 0.3 is 6.18 Å². The van der Waals surface area contributed by atoms with Gasteiger partial charge in [0, 0.05) is 41.3 Å². The van der Waals surface area contributed by atoms with Crippen LogP contribution in [-0.2, 0) is 32.7 Å². The molecule has 0 bridgehead atoms. The number of halogens is 3. The largest absolute Gasteiger partial charge is 0.411 e. The summed E-state index contributed by atoms with van der Waals surface area (Å²) in [6.45, 7) is 5.35. The summed E-state index contributed by atoms with van der Waals surface area (Å²) in [6.07, 6.45) is 1.43. The van der Waals surface area contributed by atoms with Crippen molar-refractivity contribution in [1.29, 1.82) is 0 Å². The second-order valence-electron chi connectivity index (χ2n) is 9.50. The van der Waals surface area contributed by atoms with Crippen LogP contribution < -0.4 is 5.32 Å². The first kappa shape index (κ1) is 24.0. The number of fused-ring (bicyclic) bond motifs is 2. The summed E-state index contributed by atoms with van der Waals surface area (Å²) in [4.78, 5) is 17.2. The van der Waals surface area contributed by atoms with E-state index in [1.165, 1.54) is 15.3 Å². The molecule has 1 aromatic heterocycles. The first-order valence-electron chi connectivity index (χ1n) is 11.6. The molecular weight excluding hydrogens is 441 g/mol. The minimum Gasteiger partial charge on any atom is -0.370 e. The third-order valence-electron chi connectivity index (χ3n) is 7.05. The van der Waals surface area contributed by atoms with Gasteiger partial charge in [-0.05, 0) is 56.6 Å². The second-order valence-corrected chi connectivity index (χ2v) is 10.7. The number of ether oxygens (including phenoxy) is 2.